The van der Waals surface area contributed by atoms with Gasteiger partial charge in [-0.1, -0.05) is 11.6 Å². The third-order valence-corrected chi connectivity index (χ3v) is 0.725. The number of rotatable bonds is 2. The summed E-state index contributed by atoms with van der Waals surface area (Å²) in [6, 6.07) is 0. The van der Waals surface area contributed by atoms with Crippen LogP contribution >= 0.6 is 11.6 Å². The molecule has 0 unspecified atom stereocenters. The molecule has 2 N–H and O–H groups in total. The molecule has 0 amide bonds. The second kappa shape index (κ2) is 5.73. The van der Waals surface area contributed by atoms with Gasteiger partial charge in [-0.25, -0.2) is 9.59 Å². The molecule has 0 bridgehead atoms. The van der Waals surface area contributed by atoms with E-state index in [1.807, 2.05) is 0 Å². The van der Waals surface area contributed by atoms with E-state index < -0.39 is 17.0 Å². The molecule has 0 radical (unpaired) electrons. The molecule has 10 heavy (non-hydrogen) atoms. The molecule has 0 heterocycles. The summed E-state index contributed by atoms with van der Waals surface area (Å²) in [7, 11) is 0. The molecule has 0 fully saturated rings. The van der Waals surface area contributed by atoms with E-state index in [0.29, 0.717) is 6.08 Å². The zero-order valence-electron chi connectivity index (χ0n) is 6.17. The van der Waals surface area contributed by atoms with Crippen LogP contribution in [0.4, 0.5) is 0 Å². The second-order valence-electron chi connectivity index (χ2n) is 1.14. The average Bonchev–Trinajstić information content (AvgIpc) is 1.63. The van der Waals surface area contributed by atoms with Crippen LogP contribution in [-0.4, -0.2) is 22.2 Å². The fraction of sp³-hybridized carbons (Fsp3) is 0. The maximum atomic E-state index is 9.77. The number of hydrogen-bond donors (Lipinski definition) is 2. The van der Waals surface area contributed by atoms with Gasteiger partial charge in [0.15, 0.2) is 0 Å². The molecule has 52 valence electrons. The van der Waals surface area contributed by atoms with Crippen molar-refractivity contribution in [1.29, 1.82) is 0 Å². The monoisotopic (exact) mass is 174 g/mol. The summed E-state index contributed by atoms with van der Waals surface area (Å²) >= 11 is 4.89. The topological polar surface area (TPSA) is 74.6 Å². The van der Waals surface area contributed by atoms with Crippen molar-refractivity contribution in [2.75, 3.05) is 0 Å². The van der Waals surface area contributed by atoms with E-state index in [-0.39, 0.29) is 31.0 Å². The summed E-state index contributed by atoms with van der Waals surface area (Å²) in [6.45, 7) is 0. The predicted molar refractivity (Wildman–Crippen MR) is 30.3 cm³/mol. The molecule has 0 aromatic carbocycles. The maximum absolute atomic E-state index is 9.77. The minimum Gasteiger partial charge on any atom is -1.00 e. The third-order valence-electron chi connectivity index (χ3n) is 0.455. The van der Waals surface area contributed by atoms with Crippen LogP contribution < -0.4 is 29.6 Å². The summed E-state index contributed by atoms with van der Waals surface area (Å²) in [5.41, 5.74) is 0. The van der Waals surface area contributed by atoms with Crippen LogP contribution in [-0.2, 0) is 9.59 Å². The van der Waals surface area contributed by atoms with E-state index in [2.05, 4.69) is 0 Å². The van der Waals surface area contributed by atoms with Crippen LogP contribution in [0.3, 0.4) is 0 Å². The third kappa shape index (κ3) is 6.10. The van der Waals surface area contributed by atoms with Crippen molar-refractivity contribution in [2.45, 2.75) is 0 Å². The Kier molecular flexibility index (Phi) is 7.24. The van der Waals surface area contributed by atoms with Crippen molar-refractivity contribution in [1.82, 2.24) is 0 Å². The number of carboxylic acids is 2. The van der Waals surface area contributed by atoms with Crippen molar-refractivity contribution in [3.05, 3.63) is 11.1 Å². The Bertz CT molecular complexity index is 181. The summed E-state index contributed by atoms with van der Waals surface area (Å²) < 4.78 is 0. The predicted octanol–water partition coefficient (Wildman–Crippen LogP) is -2.61. The van der Waals surface area contributed by atoms with E-state index in [9.17, 15) is 9.59 Å². The van der Waals surface area contributed by atoms with Crippen LogP contribution in [0.5, 0.6) is 0 Å². The Balaban J connectivity index is -0.000000320. The van der Waals surface area contributed by atoms with E-state index in [4.69, 9.17) is 21.8 Å². The number of carboxylic acid groups (broad SMARTS) is 2. The Labute approximate surface area is 85.3 Å². The molecular weight excluding hydrogens is 170 g/mol. The van der Waals surface area contributed by atoms with E-state index >= 15 is 0 Å². The number of aliphatic carboxylic acids is 2. The standard InChI is InChI=1S/C4H3ClO4.Na.H/c5-2(4(8)9)1-3(6)7;;/h1H,(H,6,7)(H,8,9);;/q;+1;-1. The number of hydrogen-bond acceptors (Lipinski definition) is 2. The van der Waals surface area contributed by atoms with Gasteiger partial charge in [0.25, 0.3) is 0 Å². The molecule has 0 saturated heterocycles. The molecule has 0 aliphatic rings. The van der Waals surface area contributed by atoms with Gasteiger partial charge in [0.2, 0.25) is 0 Å². The smallest absolute Gasteiger partial charge is 1.00 e. The molecule has 0 saturated carbocycles. The molecule has 0 spiro atoms. The van der Waals surface area contributed by atoms with Gasteiger partial charge < -0.3 is 11.6 Å². The molecule has 6 heteroatoms. The first kappa shape index (κ1) is 12.6. The molecule has 4 nitrogen and oxygen atoms in total. The van der Waals surface area contributed by atoms with Gasteiger partial charge in [0, 0.05) is 6.08 Å². The molecule has 0 rings (SSSR count). The van der Waals surface area contributed by atoms with Gasteiger partial charge in [-0.05, 0) is 0 Å². The molecule has 0 aromatic heterocycles. The Morgan fingerprint density at radius 1 is 1.40 bits per heavy atom. The van der Waals surface area contributed by atoms with Crippen LogP contribution in [0.15, 0.2) is 11.1 Å². The number of halogens is 1. The van der Waals surface area contributed by atoms with Gasteiger partial charge in [-0.15, -0.1) is 0 Å². The second-order valence-corrected chi connectivity index (χ2v) is 1.54. The molecule has 0 aliphatic heterocycles. The first-order chi connectivity index (χ1) is 4.04. The van der Waals surface area contributed by atoms with Crippen LogP contribution in [0.25, 0.3) is 0 Å². The molecular formula is C4H4ClNaO4. The molecule has 0 aromatic rings. The van der Waals surface area contributed by atoms with Crippen molar-refractivity contribution >= 4 is 23.5 Å². The first-order valence-corrected chi connectivity index (χ1v) is 2.25. The zero-order valence-corrected chi connectivity index (χ0v) is 7.92. The average molecular weight is 175 g/mol. The summed E-state index contributed by atoms with van der Waals surface area (Å²) in [5, 5.41) is 15.2. The van der Waals surface area contributed by atoms with Gasteiger partial charge in [-0.3, -0.25) is 0 Å². The molecule has 0 atom stereocenters. The maximum Gasteiger partial charge on any atom is 1.00 e. The summed E-state index contributed by atoms with van der Waals surface area (Å²) in [4.78, 5) is 19.5. The fourth-order valence-electron chi connectivity index (χ4n) is 0.170. The van der Waals surface area contributed by atoms with Gasteiger partial charge >= 0.3 is 41.5 Å². The normalized spacial score (nSPS) is 9.90. The fourth-order valence-corrected chi connectivity index (χ4v) is 0.263. The Morgan fingerprint density at radius 2 is 1.80 bits per heavy atom. The zero-order chi connectivity index (χ0) is 7.44. The van der Waals surface area contributed by atoms with E-state index in [0.717, 1.165) is 0 Å². The Hall–Kier alpha value is -0.0300. The van der Waals surface area contributed by atoms with E-state index in [1.54, 1.807) is 0 Å². The van der Waals surface area contributed by atoms with Crippen molar-refractivity contribution in [3.63, 3.8) is 0 Å². The van der Waals surface area contributed by atoms with Crippen LogP contribution in [0, 0.1) is 0 Å². The first-order valence-electron chi connectivity index (χ1n) is 1.87. The largest absolute Gasteiger partial charge is 1.00 e. The van der Waals surface area contributed by atoms with Crippen LogP contribution in [0.2, 0.25) is 0 Å². The van der Waals surface area contributed by atoms with Gasteiger partial charge in [-0.2, -0.15) is 0 Å². The summed E-state index contributed by atoms with van der Waals surface area (Å²) in [5.74, 6) is -2.82. The quantitative estimate of drug-likeness (QED) is 0.356. The van der Waals surface area contributed by atoms with E-state index in [1.165, 1.54) is 0 Å². The van der Waals surface area contributed by atoms with Gasteiger partial charge in [0.05, 0.1) is 0 Å². The number of carbonyl (C=O) groups is 2. The summed E-state index contributed by atoms with van der Waals surface area (Å²) in [6.07, 6.45) is 0.407. The van der Waals surface area contributed by atoms with Crippen molar-refractivity contribution < 1.29 is 50.8 Å². The minimum absolute atomic E-state index is 0. The van der Waals surface area contributed by atoms with Crippen molar-refractivity contribution in [3.8, 4) is 0 Å². The molecule has 0 aliphatic carbocycles. The minimum atomic E-state index is -1.45. The van der Waals surface area contributed by atoms with Gasteiger partial charge in [0.1, 0.15) is 5.03 Å². The van der Waals surface area contributed by atoms with Crippen LogP contribution in [0.1, 0.15) is 1.43 Å². The Morgan fingerprint density at radius 3 is 1.90 bits per heavy atom. The van der Waals surface area contributed by atoms with Crippen molar-refractivity contribution in [2.24, 2.45) is 0 Å². The SMILES string of the molecule is O=C(O)C=C(Cl)C(=O)O.[H-].[Na+].